The van der Waals surface area contributed by atoms with E-state index in [2.05, 4.69) is 6.92 Å². The number of carbonyl (C=O) groups is 1. The molecule has 21 heavy (non-hydrogen) atoms. The lowest BCUT2D eigenvalue weighted by Crippen LogP contribution is -2.54. The average Bonchev–Trinajstić information content (AvgIpc) is 2.81. The third kappa shape index (κ3) is 1.84. The molecular weight excluding hydrogens is 260 g/mol. The molecule has 0 aromatic heterocycles. The minimum atomic E-state index is -2.73. The molecule has 0 amide bonds. The van der Waals surface area contributed by atoms with E-state index in [1.165, 1.54) is 0 Å². The molecular formula is C19H30O2. The molecule has 4 rings (SSSR count). The Morgan fingerprint density at radius 2 is 2.00 bits per heavy atom. The van der Waals surface area contributed by atoms with Crippen LogP contribution in [0.5, 0.6) is 0 Å². The summed E-state index contributed by atoms with van der Waals surface area (Å²) in [4.78, 5) is 12.5. The Bertz CT molecular complexity index is 648. The molecule has 0 aliphatic heterocycles. The van der Waals surface area contributed by atoms with Crippen molar-refractivity contribution in [3.8, 4) is 0 Å². The van der Waals surface area contributed by atoms with Crippen LogP contribution in [0.15, 0.2) is 0 Å². The molecule has 0 radical (unpaired) electrons. The number of fused-ring (bicyclic) bond motifs is 5. The lowest BCUT2D eigenvalue weighted by molar-refractivity contribution is -0.142. The highest BCUT2D eigenvalue weighted by Gasteiger charge is 2.60. The summed E-state index contributed by atoms with van der Waals surface area (Å²) in [6.07, 6.45) is -2.77. The van der Waals surface area contributed by atoms with E-state index >= 15 is 0 Å². The van der Waals surface area contributed by atoms with E-state index < -0.39 is 30.2 Å². The lowest BCUT2D eigenvalue weighted by atomic mass is 9.45. The number of Topliss-reactive ketones (excluding diaryl/α,β-unsaturated/α-hetero) is 1. The number of hydrogen-bond donors (Lipinski definition) is 1. The molecule has 0 bridgehead atoms. The van der Waals surface area contributed by atoms with Crippen LogP contribution in [-0.4, -0.2) is 17.0 Å². The topological polar surface area (TPSA) is 37.3 Å². The van der Waals surface area contributed by atoms with Crippen molar-refractivity contribution < 1.29 is 16.8 Å². The van der Waals surface area contributed by atoms with Gasteiger partial charge >= 0.3 is 0 Å². The van der Waals surface area contributed by atoms with Crippen molar-refractivity contribution in [2.24, 2.45) is 34.5 Å². The minimum absolute atomic E-state index is 0.0166. The van der Waals surface area contributed by atoms with Gasteiger partial charge in [0, 0.05) is 17.3 Å². The van der Waals surface area contributed by atoms with Crippen LogP contribution in [0.2, 0.25) is 0 Å². The molecule has 4 aliphatic carbocycles. The number of carbonyl (C=O) groups excluding carboxylic acids is 1. The van der Waals surface area contributed by atoms with Crippen LogP contribution in [0.25, 0.3) is 0 Å². The molecule has 0 spiro atoms. The summed E-state index contributed by atoms with van der Waals surface area (Å²) in [6, 6.07) is 0. The number of ketones is 1. The molecule has 118 valence electrons. The highest BCUT2D eigenvalue weighted by atomic mass is 16.3. The molecule has 2 heteroatoms. The molecule has 4 saturated carbocycles. The van der Waals surface area contributed by atoms with Crippen LogP contribution >= 0.6 is 0 Å². The van der Waals surface area contributed by atoms with Gasteiger partial charge in [0.2, 0.25) is 0 Å². The van der Waals surface area contributed by atoms with E-state index in [1.807, 2.05) is 6.92 Å². The molecule has 2 nitrogen and oxygen atoms in total. The van der Waals surface area contributed by atoms with Crippen LogP contribution in [0, 0.1) is 34.5 Å². The summed E-state index contributed by atoms with van der Waals surface area (Å²) in [5.74, 6) is 0.642. The smallest absolute Gasteiger partial charge is 0.139 e. The van der Waals surface area contributed by atoms with Gasteiger partial charge in [-0.1, -0.05) is 13.8 Å². The molecule has 0 heterocycles. The van der Waals surface area contributed by atoms with E-state index in [4.69, 9.17) is 6.85 Å². The van der Waals surface area contributed by atoms with E-state index in [0.29, 0.717) is 30.5 Å². The third-order valence-electron chi connectivity index (χ3n) is 7.53. The van der Waals surface area contributed by atoms with Gasteiger partial charge in [-0.2, -0.15) is 0 Å². The fourth-order valence-electron chi connectivity index (χ4n) is 6.21. The fraction of sp³-hybridized carbons (Fsp3) is 0.947. The first-order valence-electron chi connectivity index (χ1n) is 11.0. The zero-order chi connectivity index (χ0) is 19.3. The first-order chi connectivity index (χ1) is 11.8. The predicted molar refractivity (Wildman–Crippen MR) is 82.7 cm³/mol. The van der Waals surface area contributed by atoms with E-state index in [9.17, 15) is 9.90 Å². The summed E-state index contributed by atoms with van der Waals surface area (Å²) < 4.78 is 41.7. The van der Waals surface area contributed by atoms with E-state index in [1.54, 1.807) is 0 Å². The van der Waals surface area contributed by atoms with Crippen LogP contribution in [-0.2, 0) is 4.79 Å². The van der Waals surface area contributed by atoms with Crippen molar-refractivity contribution in [3.05, 3.63) is 0 Å². The maximum Gasteiger partial charge on any atom is 0.139 e. The number of hydrogen-bond acceptors (Lipinski definition) is 2. The SMILES string of the molecule is [2H]C1([2H])C[C@@]2(C)[C@H](CC[C@@H]3[C@@H]2CC[C@]2(C)C(=O)CC[C@@H]32)C([2H])([2H])[C@@]1([2H])O. The summed E-state index contributed by atoms with van der Waals surface area (Å²) in [5.41, 5.74) is -0.844. The van der Waals surface area contributed by atoms with Gasteiger partial charge in [-0.25, -0.2) is 0 Å². The number of rotatable bonds is 0. The standard InChI is InChI=1S/C19H30O2/c1-18-9-7-13(20)11-12(18)3-4-14-15-5-6-17(21)19(15,2)10-8-16(14)18/h12-16,20H,3-11H2,1-2H3/t12-,13+,14+,15+,16+,18+,19+/m1/s1/i7D2,11D2,13D. The Labute approximate surface area is 135 Å². The predicted octanol–water partition coefficient (Wildman–Crippen LogP) is 3.96. The maximum absolute atomic E-state index is 12.5. The Kier molecular flexibility index (Phi) is 2.11. The van der Waals surface area contributed by atoms with Crippen molar-refractivity contribution in [2.45, 2.75) is 77.6 Å². The zero-order valence-corrected chi connectivity index (χ0v) is 13.1. The summed E-state index contributed by atoms with van der Waals surface area (Å²) in [5, 5.41) is 10.5. The fourth-order valence-corrected chi connectivity index (χ4v) is 6.21. The minimum Gasteiger partial charge on any atom is -0.393 e. The van der Waals surface area contributed by atoms with Gasteiger partial charge < -0.3 is 5.11 Å². The first-order valence-corrected chi connectivity index (χ1v) is 8.55. The van der Waals surface area contributed by atoms with Gasteiger partial charge in [-0.15, -0.1) is 0 Å². The lowest BCUT2D eigenvalue weighted by Gasteiger charge is -2.60. The Morgan fingerprint density at radius 3 is 2.81 bits per heavy atom. The molecule has 4 aliphatic rings. The van der Waals surface area contributed by atoms with Crippen molar-refractivity contribution in [1.82, 2.24) is 0 Å². The highest BCUT2D eigenvalue weighted by Crippen LogP contribution is 2.65. The van der Waals surface area contributed by atoms with Gasteiger partial charge in [0.1, 0.15) is 5.78 Å². The second kappa shape index (κ2) is 4.57. The Balaban J connectivity index is 1.75. The zero-order valence-electron chi connectivity index (χ0n) is 18.1. The largest absolute Gasteiger partial charge is 0.393 e. The van der Waals surface area contributed by atoms with Crippen molar-refractivity contribution in [2.75, 3.05) is 0 Å². The molecule has 0 saturated heterocycles. The van der Waals surface area contributed by atoms with Gasteiger partial charge in [-0.05, 0) is 80.4 Å². The quantitative estimate of drug-likeness (QED) is 0.734. The molecule has 1 N–H and O–H groups in total. The third-order valence-corrected chi connectivity index (χ3v) is 7.53. The first kappa shape index (κ1) is 9.70. The van der Waals surface area contributed by atoms with Crippen molar-refractivity contribution in [1.29, 1.82) is 0 Å². The van der Waals surface area contributed by atoms with E-state index in [0.717, 1.165) is 25.7 Å². The Morgan fingerprint density at radius 1 is 1.19 bits per heavy atom. The van der Waals surface area contributed by atoms with Crippen LogP contribution in [0.1, 0.15) is 78.4 Å². The van der Waals surface area contributed by atoms with Crippen LogP contribution in [0.3, 0.4) is 0 Å². The molecule has 0 unspecified atom stereocenters. The Hall–Kier alpha value is -0.370. The van der Waals surface area contributed by atoms with E-state index in [-0.39, 0.29) is 17.8 Å². The van der Waals surface area contributed by atoms with Crippen LogP contribution in [0.4, 0.5) is 0 Å². The normalized spacial score (nSPS) is 68.3. The molecule has 0 aromatic rings. The maximum atomic E-state index is 12.5. The summed E-state index contributed by atoms with van der Waals surface area (Å²) in [6.45, 7) is 4.08. The monoisotopic (exact) mass is 295 g/mol. The average molecular weight is 295 g/mol. The van der Waals surface area contributed by atoms with Gasteiger partial charge in [0.25, 0.3) is 0 Å². The van der Waals surface area contributed by atoms with Gasteiger partial charge in [-0.3, -0.25) is 4.79 Å². The number of aliphatic hydroxyl groups is 1. The molecule has 7 atom stereocenters. The second-order valence-corrected chi connectivity index (χ2v) is 8.28. The van der Waals surface area contributed by atoms with Gasteiger partial charge in [0.05, 0.1) is 7.45 Å². The van der Waals surface area contributed by atoms with Crippen molar-refractivity contribution in [3.63, 3.8) is 0 Å². The molecule has 0 aromatic carbocycles. The summed E-state index contributed by atoms with van der Waals surface area (Å²) in [7, 11) is 0. The highest BCUT2D eigenvalue weighted by molar-refractivity contribution is 5.87. The summed E-state index contributed by atoms with van der Waals surface area (Å²) >= 11 is 0. The second-order valence-electron chi connectivity index (χ2n) is 8.28. The van der Waals surface area contributed by atoms with Crippen LogP contribution < -0.4 is 0 Å². The van der Waals surface area contributed by atoms with Crippen molar-refractivity contribution >= 4 is 5.78 Å². The molecule has 4 fully saturated rings. The van der Waals surface area contributed by atoms with Gasteiger partial charge in [0.15, 0.2) is 0 Å².